The molecule has 0 spiro atoms. The van der Waals surface area contributed by atoms with Gasteiger partial charge in [0, 0.05) is 16.5 Å². The first-order chi connectivity index (χ1) is 8.11. The minimum absolute atomic E-state index is 0.229. The summed E-state index contributed by atoms with van der Waals surface area (Å²) in [6, 6.07) is 1.95. The van der Waals surface area contributed by atoms with Crippen molar-refractivity contribution in [1.82, 2.24) is 0 Å². The van der Waals surface area contributed by atoms with E-state index in [9.17, 15) is 4.79 Å². The monoisotopic (exact) mass is 253 g/mol. The third kappa shape index (κ3) is 2.58. The summed E-state index contributed by atoms with van der Waals surface area (Å²) in [4.78, 5) is 11.7. The molecule has 0 aliphatic rings. The van der Waals surface area contributed by atoms with Crippen LogP contribution in [0.25, 0.3) is 0 Å². The van der Waals surface area contributed by atoms with Crippen LogP contribution in [0, 0.1) is 13.8 Å². The Labute approximate surface area is 108 Å². The molecule has 1 atom stereocenters. The number of carbonyl (C=O) groups is 1. The van der Waals surface area contributed by atoms with E-state index in [1.165, 1.54) is 7.11 Å². The van der Waals surface area contributed by atoms with Crippen molar-refractivity contribution in [2.24, 2.45) is 5.73 Å². The highest BCUT2D eigenvalue weighted by Gasteiger charge is 2.43. The summed E-state index contributed by atoms with van der Waals surface area (Å²) >= 11 is 0. The third-order valence-electron chi connectivity index (χ3n) is 3.78. The van der Waals surface area contributed by atoms with Crippen LogP contribution in [0.15, 0.2) is 10.5 Å². The highest BCUT2D eigenvalue weighted by Crippen LogP contribution is 2.40. The Kier molecular flexibility index (Phi) is 3.91. The van der Waals surface area contributed by atoms with Gasteiger partial charge in [0.2, 0.25) is 0 Å². The highest BCUT2D eigenvalue weighted by molar-refractivity contribution is 5.71. The lowest BCUT2D eigenvalue weighted by molar-refractivity contribution is -0.142. The van der Waals surface area contributed by atoms with E-state index >= 15 is 0 Å². The third-order valence-corrected chi connectivity index (χ3v) is 3.78. The molecular formula is C14H23NO3. The first-order valence-electron chi connectivity index (χ1n) is 6.05. The topological polar surface area (TPSA) is 65.5 Å². The van der Waals surface area contributed by atoms with E-state index in [0.29, 0.717) is 0 Å². The molecule has 4 nitrogen and oxygen atoms in total. The summed E-state index contributed by atoms with van der Waals surface area (Å²) in [6.07, 6.45) is 0.229. The molecule has 0 bridgehead atoms. The number of furan rings is 1. The van der Waals surface area contributed by atoms with Crippen LogP contribution in [0.1, 0.15) is 44.3 Å². The number of ether oxygens (including phenoxy) is 1. The molecule has 2 N–H and O–H groups in total. The minimum Gasteiger partial charge on any atom is -0.469 e. The number of carbonyl (C=O) groups excluding carboxylic acids is 1. The molecule has 0 aliphatic heterocycles. The van der Waals surface area contributed by atoms with Gasteiger partial charge < -0.3 is 14.9 Å². The summed E-state index contributed by atoms with van der Waals surface area (Å²) < 4.78 is 10.3. The number of aryl methyl sites for hydroxylation is 2. The average Bonchev–Trinajstić information content (AvgIpc) is 2.56. The molecule has 18 heavy (non-hydrogen) atoms. The van der Waals surface area contributed by atoms with Gasteiger partial charge in [-0.2, -0.15) is 0 Å². The van der Waals surface area contributed by atoms with E-state index in [4.69, 9.17) is 14.9 Å². The predicted molar refractivity (Wildman–Crippen MR) is 70.4 cm³/mol. The molecule has 0 saturated heterocycles. The van der Waals surface area contributed by atoms with Crippen LogP contribution in [-0.2, 0) is 14.9 Å². The van der Waals surface area contributed by atoms with Gasteiger partial charge in [0.1, 0.15) is 11.5 Å². The zero-order valence-electron chi connectivity index (χ0n) is 12.1. The summed E-state index contributed by atoms with van der Waals surface area (Å²) in [6.45, 7) is 9.58. The molecule has 1 aromatic rings. The number of esters is 1. The molecule has 4 heteroatoms. The number of nitrogens with two attached hydrogens (primary N) is 1. The van der Waals surface area contributed by atoms with Gasteiger partial charge >= 0.3 is 5.97 Å². The van der Waals surface area contributed by atoms with E-state index in [1.807, 2.05) is 40.7 Å². The predicted octanol–water partition coefficient (Wildman–Crippen LogP) is 2.45. The molecule has 0 aromatic carbocycles. The normalized spacial score (nSPS) is 15.3. The Balaban J connectivity index is 3.29. The molecule has 0 amide bonds. The molecule has 0 fully saturated rings. The van der Waals surface area contributed by atoms with Crippen molar-refractivity contribution in [2.45, 2.75) is 52.0 Å². The molecule has 0 saturated carbocycles. The van der Waals surface area contributed by atoms with Crippen LogP contribution in [0.4, 0.5) is 0 Å². The summed E-state index contributed by atoms with van der Waals surface area (Å²) in [5.74, 6) is 1.36. The SMILES string of the molecule is COC(=O)CC(C)(c1cc(C)oc1C)C(C)(C)N. The van der Waals surface area contributed by atoms with E-state index in [0.717, 1.165) is 17.1 Å². The Bertz CT molecular complexity index is 442. The Hall–Kier alpha value is -1.29. The first-order valence-corrected chi connectivity index (χ1v) is 6.05. The first kappa shape index (κ1) is 14.8. The van der Waals surface area contributed by atoms with Gasteiger partial charge in [-0.05, 0) is 33.8 Å². The van der Waals surface area contributed by atoms with Gasteiger partial charge in [-0.15, -0.1) is 0 Å². The maximum absolute atomic E-state index is 11.7. The van der Waals surface area contributed by atoms with Gasteiger partial charge in [-0.3, -0.25) is 4.79 Å². The van der Waals surface area contributed by atoms with Crippen LogP contribution < -0.4 is 5.73 Å². The Morgan fingerprint density at radius 2 is 1.94 bits per heavy atom. The summed E-state index contributed by atoms with van der Waals surface area (Å²) in [5.41, 5.74) is 6.15. The lowest BCUT2D eigenvalue weighted by Gasteiger charge is -2.41. The van der Waals surface area contributed by atoms with E-state index in [2.05, 4.69) is 0 Å². The minimum atomic E-state index is -0.567. The standard InChI is InChI=1S/C14H23NO3/c1-9-7-11(10(2)18-9)14(5,13(3,4)15)8-12(16)17-6/h7H,8,15H2,1-6H3. The van der Waals surface area contributed by atoms with Gasteiger partial charge in [0.15, 0.2) is 0 Å². The van der Waals surface area contributed by atoms with Gasteiger partial charge in [0.05, 0.1) is 13.5 Å². The van der Waals surface area contributed by atoms with Crippen molar-refractivity contribution in [3.8, 4) is 0 Å². The number of hydrogen-bond donors (Lipinski definition) is 1. The summed E-state index contributed by atoms with van der Waals surface area (Å²) in [7, 11) is 1.39. The second-order valence-corrected chi connectivity index (χ2v) is 5.63. The second-order valence-electron chi connectivity index (χ2n) is 5.63. The van der Waals surface area contributed by atoms with Gasteiger partial charge in [-0.25, -0.2) is 0 Å². The van der Waals surface area contributed by atoms with Crippen molar-refractivity contribution < 1.29 is 13.9 Å². The van der Waals surface area contributed by atoms with Crippen molar-refractivity contribution in [3.05, 3.63) is 23.2 Å². The molecule has 0 aliphatic carbocycles. The lowest BCUT2D eigenvalue weighted by Crippen LogP contribution is -2.53. The fourth-order valence-corrected chi connectivity index (χ4v) is 2.21. The fourth-order valence-electron chi connectivity index (χ4n) is 2.21. The van der Waals surface area contributed by atoms with Crippen molar-refractivity contribution in [3.63, 3.8) is 0 Å². The van der Waals surface area contributed by atoms with Crippen LogP contribution in [0.5, 0.6) is 0 Å². The maximum atomic E-state index is 11.7. The number of methoxy groups -OCH3 is 1. The average molecular weight is 253 g/mol. The van der Waals surface area contributed by atoms with Crippen LogP contribution in [-0.4, -0.2) is 18.6 Å². The largest absolute Gasteiger partial charge is 0.469 e. The number of rotatable bonds is 4. The van der Waals surface area contributed by atoms with Crippen LogP contribution >= 0.6 is 0 Å². The van der Waals surface area contributed by atoms with Crippen LogP contribution in [0.2, 0.25) is 0 Å². The fraction of sp³-hybridized carbons (Fsp3) is 0.643. The van der Waals surface area contributed by atoms with Crippen molar-refractivity contribution in [1.29, 1.82) is 0 Å². The second kappa shape index (κ2) is 4.76. The lowest BCUT2D eigenvalue weighted by atomic mass is 9.66. The quantitative estimate of drug-likeness (QED) is 0.837. The smallest absolute Gasteiger partial charge is 0.306 e. The molecule has 1 unspecified atom stereocenters. The molecule has 0 radical (unpaired) electrons. The molecule has 1 aromatic heterocycles. The van der Waals surface area contributed by atoms with E-state index in [-0.39, 0.29) is 12.4 Å². The summed E-state index contributed by atoms with van der Waals surface area (Å²) in [5, 5.41) is 0. The van der Waals surface area contributed by atoms with Crippen LogP contribution in [0.3, 0.4) is 0 Å². The molecule has 1 heterocycles. The highest BCUT2D eigenvalue weighted by atomic mass is 16.5. The maximum Gasteiger partial charge on any atom is 0.306 e. The molecular weight excluding hydrogens is 230 g/mol. The van der Waals surface area contributed by atoms with E-state index < -0.39 is 11.0 Å². The Morgan fingerprint density at radius 3 is 2.28 bits per heavy atom. The van der Waals surface area contributed by atoms with Crippen molar-refractivity contribution in [2.75, 3.05) is 7.11 Å². The molecule has 1 rings (SSSR count). The van der Waals surface area contributed by atoms with E-state index in [1.54, 1.807) is 0 Å². The molecule has 102 valence electrons. The number of hydrogen-bond acceptors (Lipinski definition) is 4. The Morgan fingerprint density at radius 1 is 1.39 bits per heavy atom. The van der Waals surface area contributed by atoms with Gasteiger partial charge in [0.25, 0.3) is 0 Å². The zero-order valence-corrected chi connectivity index (χ0v) is 12.1. The zero-order chi connectivity index (χ0) is 14.1. The van der Waals surface area contributed by atoms with Crippen molar-refractivity contribution >= 4 is 5.97 Å². The van der Waals surface area contributed by atoms with Gasteiger partial charge in [-0.1, -0.05) is 6.92 Å².